The molecule has 1 amide bonds. The van der Waals surface area contributed by atoms with Crippen LogP contribution in [0, 0.1) is 0 Å². The summed E-state index contributed by atoms with van der Waals surface area (Å²) in [5.74, 6) is -0.685. The minimum atomic E-state index is -4.97. The number of primary amides is 1. The van der Waals surface area contributed by atoms with Crippen molar-refractivity contribution >= 4 is 13.7 Å². The Bertz CT molecular complexity index is 606. The van der Waals surface area contributed by atoms with Gasteiger partial charge >= 0.3 is 0 Å². The third kappa shape index (κ3) is 3.87. The van der Waals surface area contributed by atoms with Gasteiger partial charge in [0.15, 0.2) is 18.5 Å². The molecule has 0 bridgehead atoms. The second kappa shape index (κ2) is 6.39. The van der Waals surface area contributed by atoms with Crippen LogP contribution < -0.4 is 15.2 Å². The molecule has 2 rings (SSSR count). The van der Waals surface area contributed by atoms with Crippen molar-refractivity contribution in [3.8, 4) is 0 Å². The highest BCUT2D eigenvalue weighted by Crippen LogP contribution is 2.33. The number of nitrogens with zero attached hydrogens (tertiary/aromatic N) is 1. The lowest BCUT2D eigenvalue weighted by atomic mass is 10.3. The van der Waals surface area contributed by atoms with E-state index < -0.39 is 44.9 Å². The number of pyridine rings is 1. The van der Waals surface area contributed by atoms with Crippen LogP contribution in [0.25, 0.3) is 0 Å². The minimum absolute atomic E-state index is 0.159. The Morgan fingerprint density at radius 3 is 2.77 bits per heavy atom. The molecule has 1 saturated heterocycles. The van der Waals surface area contributed by atoms with Gasteiger partial charge in [0.2, 0.25) is 0 Å². The van der Waals surface area contributed by atoms with Crippen LogP contribution in [-0.2, 0) is 13.8 Å². The number of phosphoric ester groups is 1. The Kier molecular flexibility index (Phi) is 4.93. The van der Waals surface area contributed by atoms with Gasteiger partial charge in [-0.1, -0.05) is 0 Å². The lowest BCUT2D eigenvalue weighted by Crippen LogP contribution is -2.46. The summed E-state index contributed by atoms with van der Waals surface area (Å²) >= 11 is 0. The first kappa shape index (κ1) is 17.0. The lowest BCUT2D eigenvalue weighted by Gasteiger charge is -2.19. The van der Waals surface area contributed by atoms with E-state index in [0.717, 1.165) is 0 Å². The third-order valence-corrected chi connectivity index (χ3v) is 3.62. The number of carbonyl (C=O) groups is 1. The Morgan fingerprint density at radius 1 is 1.50 bits per heavy atom. The summed E-state index contributed by atoms with van der Waals surface area (Å²) in [5.41, 5.74) is 5.31. The van der Waals surface area contributed by atoms with Gasteiger partial charge in [0.25, 0.3) is 20.0 Å². The monoisotopic (exact) mass is 339 g/mol. The number of ether oxygens (including phenoxy) is 1. The van der Waals surface area contributed by atoms with Crippen molar-refractivity contribution in [2.24, 2.45) is 5.73 Å². The Hall–Kier alpha value is -1.39. The third-order valence-electron chi connectivity index (χ3n) is 3.14. The van der Waals surface area contributed by atoms with E-state index in [2.05, 4.69) is 4.52 Å². The van der Waals surface area contributed by atoms with Crippen LogP contribution in [0.5, 0.6) is 0 Å². The molecule has 1 fully saturated rings. The molecule has 1 aromatic rings. The molecule has 1 unspecified atom stereocenters. The maximum atomic E-state index is 11.1. The van der Waals surface area contributed by atoms with Crippen molar-refractivity contribution in [3.05, 3.63) is 30.1 Å². The molecule has 5 atom stereocenters. The summed E-state index contributed by atoms with van der Waals surface area (Å²) < 4.78 is 21.3. The number of nitrogens with two attached hydrogens (primary N) is 1. The van der Waals surface area contributed by atoms with E-state index in [1.165, 1.54) is 29.1 Å². The van der Waals surface area contributed by atoms with E-state index in [0.29, 0.717) is 0 Å². The fraction of sp³-hybridized carbons (Fsp3) is 0.455. The predicted octanol–water partition coefficient (Wildman–Crippen LogP) is -2.83. The summed E-state index contributed by atoms with van der Waals surface area (Å²) in [6.45, 7) is -0.665. The summed E-state index contributed by atoms with van der Waals surface area (Å²) in [4.78, 5) is 30.2. The fourth-order valence-corrected chi connectivity index (χ4v) is 2.41. The van der Waals surface area contributed by atoms with Gasteiger partial charge < -0.3 is 35.0 Å². The van der Waals surface area contributed by atoms with Crippen molar-refractivity contribution in [2.45, 2.75) is 24.5 Å². The highest BCUT2D eigenvalue weighted by molar-refractivity contribution is 7.44. The van der Waals surface area contributed by atoms with E-state index in [-0.39, 0.29) is 5.56 Å². The van der Waals surface area contributed by atoms with Gasteiger partial charge in [0.1, 0.15) is 17.8 Å². The second-order valence-corrected chi connectivity index (χ2v) is 5.91. The van der Waals surface area contributed by atoms with Gasteiger partial charge in [-0.15, -0.1) is 0 Å². The maximum Gasteiger partial charge on any atom is 0.292 e. The SMILES string of the molecule is NC(=O)c1ccc[n+]([13C@@H]2O[13C@H]([13CH2]OP(=O)([O-])O)[13C@H](O)[13C@H]2O)c1. The van der Waals surface area contributed by atoms with Crippen molar-refractivity contribution in [1.82, 2.24) is 0 Å². The quantitative estimate of drug-likeness (QED) is 0.253. The van der Waals surface area contributed by atoms with Crippen LogP contribution in [0.3, 0.4) is 0 Å². The van der Waals surface area contributed by atoms with Crippen molar-refractivity contribution in [3.63, 3.8) is 0 Å². The molecule has 22 heavy (non-hydrogen) atoms. The molecule has 122 valence electrons. The number of phosphoric acid groups is 1. The van der Waals surface area contributed by atoms with Gasteiger partial charge in [0.05, 0.1) is 6.61 Å². The first-order valence-corrected chi connectivity index (χ1v) is 7.69. The first-order valence-electron chi connectivity index (χ1n) is 6.19. The van der Waals surface area contributed by atoms with Gasteiger partial charge in [-0.25, -0.2) is 0 Å². The number of aliphatic hydroxyl groups excluding tert-OH is 2. The zero-order valence-electron chi connectivity index (χ0n) is 11.2. The van der Waals surface area contributed by atoms with Crippen LogP contribution in [-0.4, -0.2) is 45.9 Å². The predicted molar refractivity (Wildman–Crippen MR) is 66.9 cm³/mol. The molecule has 1 aliphatic heterocycles. The highest BCUT2D eigenvalue weighted by atomic mass is 31.2. The number of hydrogen-bond acceptors (Lipinski definition) is 7. The smallest absolute Gasteiger partial charge is 0.292 e. The molecule has 2 heterocycles. The molecule has 5 N–H and O–H groups in total. The summed E-state index contributed by atoms with van der Waals surface area (Å²) in [7, 11) is -4.97. The number of amides is 1. The van der Waals surface area contributed by atoms with Crippen LogP contribution in [0.15, 0.2) is 24.5 Å². The maximum absolute atomic E-state index is 11.1. The van der Waals surface area contributed by atoms with Crippen LogP contribution >= 0.6 is 7.82 Å². The molecule has 10 nitrogen and oxygen atoms in total. The standard InChI is InChI=1S/C11H15N2O8P/c12-10(16)6-2-1-3-13(4-6)11-9(15)8(14)7(21-11)5-20-22(17,18)19/h1-4,7-9,11,14-15H,5H2,(H3-,12,16,17,18,19)/t7-,8+,9-,11-/m1/s1/i5+1,7+1,8+1,9+1,11+1. The Balaban J connectivity index is 2.14. The zero-order valence-corrected chi connectivity index (χ0v) is 12.1. The van der Waals surface area contributed by atoms with E-state index in [4.69, 9.17) is 15.4 Å². The molecular weight excluding hydrogens is 324 g/mol. The average Bonchev–Trinajstić information content (AvgIpc) is 2.72. The molecule has 0 spiro atoms. The molecule has 0 radical (unpaired) electrons. The van der Waals surface area contributed by atoms with Crippen LogP contribution in [0.1, 0.15) is 16.6 Å². The number of rotatable bonds is 5. The highest BCUT2D eigenvalue weighted by Gasteiger charge is 2.48. The Morgan fingerprint density at radius 2 is 2.18 bits per heavy atom. The summed E-state index contributed by atoms with van der Waals surface area (Å²) in [6.07, 6.45) is -2.31. The van der Waals surface area contributed by atoms with Crippen molar-refractivity contribution < 1.29 is 43.2 Å². The second-order valence-electron chi connectivity index (χ2n) is 4.71. The number of aromatic nitrogens is 1. The van der Waals surface area contributed by atoms with Gasteiger partial charge in [0, 0.05) is 6.07 Å². The van der Waals surface area contributed by atoms with E-state index in [1.54, 1.807) is 0 Å². The van der Waals surface area contributed by atoms with E-state index in [9.17, 15) is 24.5 Å². The molecular formula is C11H15N2O8P. The topological polar surface area (TPSA) is 166 Å². The van der Waals surface area contributed by atoms with Crippen molar-refractivity contribution in [2.75, 3.05) is 6.61 Å². The summed E-state index contributed by atoms with van der Waals surface area (Å²) in [5, 5.41) is 19.8. The van der Waals surface area contributed by atoms with Crippen LogP contribution in [0.2, 0.25) is 0 Å². The number of hydrogen-bond donors (Lipinski definition) is 4. The van der Waals surface area contributed by atoms with Gasteiger partial charge in [-0.2, -0.15) is 4.57 Å². The normalized spacial score (nSPS) is 30.9. The van der Waals surface area contributed by atoms with E-state index in [1.807, 2.05) is 0 Å². The van der Waals surface area contributed by atoms with Crippen molar-refractivity contribution in [1.29, 1.82) is 0 Å². The van der Waals surface area contributed by atoms with Gasteiger partial charge in [-0.3, -0.25) is 9.36 Å². The molecule has 11 heteroatoms. The Labute approximate surface area is 124 Å². The van der Waals surface area contributed by atoms with Crippen LogP contribution in [0.4, 0.5) is 0 Å². The molecule has 1 aliphatic rings. The number of aliphatic hydroxyl groups is 2. The molecule has 0 saturated carbocycles. The average molecular weight is 339 g/mol. The molecule has 1 aromatic heterocycles. The number of carbonyl (C=O) groups excluding carboxylic acids is 1. The summed E-state index contributed by atoms with van der Waals surface area (Å²) in [6, 6.07) is 2.95. The first-order chi connectivity index (χ1) is 10.2. The fourth-order valence-electron chi connectivity index (χ4n) is 2.08. The largest absolute Gasteiger partial charge is 0.756 e. The molecule has 0 aliphatic carbocycles. The minimum Gasteiger partial charge on any atom is -0.756 e. The zero-order chi connectivity index (χ0) is 16.5. The van der Waals surface area contributed by atoms with E-state index >= 15 is 0 Å². The molecule has 0 aromatic carbocycles. The van der Waals surface area contributed by atoms with Gasteiger partial charge in [-0.05, 0) is 6.07 Å². The lowest BCUT2D eigenvalue weighted by molar-refractivity contribution is -0.765.